The van der Waals surface area contributed by atoms with Crippen LogP contribution in [0.1, 0.15) is 15.9 Å². The van der Waals surface area contributed by atoms with E-state index in [1.807, 2.05) is 0 Å². The molecule has 0 aliphatic heterocycles. The van der Waals surface area contributed by atoms with Gasteiger partial charge in [-0.1, -0.05) is 6.07 Å². The van der Waals surface area contributed by atoms with E-state index in [9.17, 15) is 29.0 Å². The number of carbonyl (C=O) groups is 2. The first-order valence-electron chi connectivity index (χ1n) is 7.32. The lowest BCUT2D eigenvalue weighted by Crippen LogP contribution is -2.20. The second-order valence-electron chi connectivity index (χ2n) is 5.33. The lowest BCUT2D eigenvalue weighted by molar-refractivity contribution is -0.130. The largest absolute Gasteiger partial charge is 0.477 e. The van der Waals surface area contributed by atoms with Crippen molar-refractivity contribution in [3.05, 3.63) is 76.1 Å². The highest BCUT2D eigenvalue weighted by Gasteiger charge is 2.19. The molecule has 2 aromatic heterocycles. The first-order valence-corrected chi connectivity index (χ1v) is 7.32. The molecule has 0 saturated carbocycles. The van der Waals surface area contributed by atoms with Crippen molar-refractivity contribution in [2.75, 3.05) is 0 Å². The maximum atomic E-state index is 13.6. The van der Waals surface area contributed by atoms with Gasteiger partial charge in [0.25, 0.3) is 0 Å². The Morgan fingerprint density at radius 2 is 1.96 bits per heavy atom. The summed E-state index contributed by atoms with van der Waals surface area (Å²) in [7, 11) is 0. The molecule has 0 radical (unpaired) electrons. The van der Waals surface area contributed by atoms with E-state index in [0.29, 0.717) is 5.56 Å². The zero-order valence-corrected chi connectivity index (χ0v) is 13.1. The highest BCUT2D eigenvalue weighted by molar-refractivity contribution is 6.16. The molecule has 0 fully saturated rings. The molecule has 0 saturated heterocycles. The zero-order valence-electron chi connectivity index (χ0n) is 13.1. The van der Waals surface area contributed by atoms with Crippen LogP contribution in [0.4, 0.5) is 4.39 Å². The molecule has 130 valence electrons. The van der Waals surface area contributed by atoms with E-state index < -0.39 is 28.7 Å². The lowest BCUT2D eigenvalue weighted by atomic mass is 10.1. The quantitative estimate of drug-likeness (QED) is 0.696. The van der Waals surface area contributed by atoms with Gasteiger partial charge in [-0.25, -0.2) is 14.0 Å². The molecule has 3 rings (SSSR count). The summed E-state index contributed by atoms with van der Waals surface area (Å²) in [6.45, 7) is 0. The Hall–Kier alpha value is -3.81. The van der Waals surface area contributed by atoms with E-state index in [-0.39, 0.29) is 16.6 Å². The number of carboxylic acid groups (broad SMARTS) is 2. The summed E-state index contributed by atoms with van der Waals surface area (Å²) >= 11 is 0. The SMILES string of the molecule is O=C(O)/C(=C/c1cccnc1)n1cc(C(=O)O)c(=O)c2cc(F)ccc21. The molecule has 0 aliphatic rings. The van der Waals surface area contributed by atoms with E-state index >= 15 is 0 Å². The fraction of sp³-hybridized carbons (Fsp3) is 0. The number of hydrogen-bond donors (Lipinski definition) is 2. The lowest BCUT2D eigenvalue weighted by Gasteiger charge is -2.13. The molecule has 0 unspecified atom stereocenters. The summed E-state index contributed by atoms with van der Waals surface area (Å²) in [5.41, 5.74) is -1.36. The van der Waals surface area contributed by atoms with Crippen LogP contribution in [0.15, 0.2) is 53.7 Å². The fourth-order valence-electron chi connectivity index (χ4n) is 2.51. The fourth-order valence-corrected chi connectivity index (χ4v) is 2.51. The molecule has 8 heteroatoms. The molecular formula is C18H11FN2O5. The minimum absolute atomic E-state index is 0.0685. The topological polar surface area (TPSA) is 109 Å². The number of fused-ring (bicyclic) bond motifs is 1. The summed E-state index contributed by atoms with van der Waals surface area (Å²) in [5.74, 6) is -3.64. The molecule has 0 spiro atoms. The molecule has 0 atom stereocenters. The number of rotatable bonds is 4. The molecular weight excluding hydrogens is 343 g/mol. The smallest absolute Gasteiger partial charge is 0.352 e. The number of pyridine rings is 2. The van der Waals surface area contributed by atoms with Gasteiger partial charge >= 0.3 is 11.9 Å². The van der Waals surface area contributed by atoms with Crippen molar-refractivity contribution < 1.29 is 24.2 Å². The molecule has 26 heavy (non-hydrogen) atoms. The molecule has 2 heterocycles. The van der Waals surface area contributed by atoms with E-state index in [2.05, 4.69) is 4.98 Å². The van der Waals surface area contributed by atoms with Gasteiger partial charge in [-0.3, -0.25) is 9.78 Å². The second-order valence-corrected chi connectivity index (χ2v) is 5.33. The first-order chi connectivity index (χ1) is 12.4. The van der Waals surface area contributed by atoms with Crippen LogP contribution >= 0.6 is 0 Å². The predicted octanol–water partition coefficient (Wildman–Crippen LogP) is 2.32. The number of aliphatic carboxylic acids is 1. The standard InChI is InChI=1S/C18H11FN2O5/c19-11-3-4-14-12(7-11)16(22)13(17(23)24)9-21(14)15(18(25)26)6-10-2-1-5-20-8-10/h1-9H,(H,23,24)(H,25,26)/b15-6-. The summed E-state index contributed by atoms with van der Waals surface area (Å²) in [4.78, 5) is 39.3. The van der Waals surface area contributed by atoms with Crippen LogP contribution < -0.4 is 5.43 Å². The van der Waals surface area contributed by atoms with Gasteiger partial charge in [0.05, 0.1) is 5.52 Å². The van der Waals surface area contributed by atoms with Crippen molar-refractivity contribution in [3.8, 4) is 0 Å². The monoisotopic (exact) mass is 354 g/mol. The van der Waals surface area contributed by atoms with Crippen molar-refractivity contribution in [1.82, 2.24) is 9.55 Å². The number of aromatic carboxylic acids is 1. The summed E-state index contributed by atoms with van der Waals surface area (Å²) in [6, 6.07) is 6.37. The van der Waals surface area contributed by atoms with Crippen LogP contribution in [0, 0.1) is 5.82 Å². The predicted molar refractivity (Wildman–Crippen MR) is 91.2 cm³/mol. The Bertz CT molecular complexity index is 1120. The number of carboxylic acids is 2. The van der Waals surface area contributed by atoms with Gasteiger partial charge < -0.3 is 14.8 Å². The molecule has 0 bridgehead atoms. The van der Waals surface area contributed by atoms with Crippen LogP contribution in [0.3, 0.4) is 0 Å². The van der Waals surface area contributed by atoms with E-state index in [1.54, 1.807) is 12.1 Å². The van der Waals surface area contributed by atoms with Crippen molar-refractivity contribution in [2.24, 2.45) is 0 Å². The first kappa shape index (κ1) is 17.0. The van der Waals surface area contributed by atoms with E-state index in [4.69, 9.17) is 0 Å². The molecule has 7 nitrogen and oxygen atoms in total. The molecule has 3 aromatic rings. The Morgan fingerprint density at radius 3 is 2.58 bits per heavy atom. The van der Waals surface area contributed by atoms with Gasteiger partial charge in [-0.05, 0) is 35.9 Å². The minimum atomic E-state index is -1.54. The number of nitrogens with zero attached hydrogens (tertiary/aromatic N) is 2. The van der Waals surface area contributed by atoms with Gasteiger partial charge in [0, 0.05) is 24.0 Å². The molecule has 0 aliphatic carbocycles. The highest BCUT2D eigenvalue weighted by Crippen LogP contribution is 2.20. The van der Waals surface area contributed by atoms with Crippen molar-refractivity contribution >= 4 is 34.6 Å². The Labute approximate surface area is 145 Å². The number of benzene rings is 1. The normalized spacial score (nSPS) is 11.5. The van der Waals surface area contributed by atoms with Crippen LogP contribution in [0.25, 0.3) is 22.7 Å². The molecule has 1 aromatic carbocycles. The van der Waals surface area contributed by atoms with Gasteiger partial charge in [0.2, 0.25) is 5.43 Å². The molecule has 0 amide bonds. The van der Waals surface area contributed by atoms with Crippen LogP contribution in [0.2, 0.25) is 0 Å². The maximum absolute atomic E-state index is 13.6. The number of hydrogen-bond acceptors (Lipinski definition) is 4. The van der Waals surface area contributed by atoms with Crippen molar-refractivity contribution in [3.63, 3.8) is 0 Å². The van der Waals surface area contributed by atoms with Crippen LogP contribution in [-0.4, -0.2) is 31.7 Å². The number of halogens is 1. The van der Waals surface area contributed by atoms with Crippen LogP contribution in [0.5, 0.6) is 0 Å². The number of aromatic nitrogens is 2. The van der Waals surface area contributed by atoms with Gasteiger partial charge in [-0.2, -0.15) is 0 Å². The summed E-state index contributed by atoms with van der Waals surface area (Å²) < 4.78 is 14.6. The third-order valence-corrected chi connectivity index (χ3v) is 3.66. The zero-order chi connectivity index (χ0) is 18.8. The Balaban J connectivity index is 2.40. The minimum Gasteiger partial charge on any atom is -0.477 e. The highest BCUT2D eigenvalue weighted by atomic mass is 19.1. The third-order valence-electron chi connectivity index (χ3n) is 3.66. The van der Waals surface area contributed by atoms with Gasteiger partial charge in [0.15, 0.2) is 0 Å². The third kappa shape index (κ3) is 3.07. The average Bonchev–Trinajstić information content (AvgIpc) is 2.61. The van der Waals surface area contributed by atoms with Gasteiger partial charge in [0.1, 0.15) is 17.1 Å². The maximum Gasteiger partial charge on any atom is 0.352 e. The van der Waals surface area contributed by atoms with Crippen molar-refractivity contribution in [2.45, 2.75) is 0 Å². The van der Waals surface area contributed by atoms with E-state index in [0.717, 1.165) is 22.9 Å². The summed E-state index contributed by atoms with van der Waals surface area (Å²) in [5, 5.41) is 18.6. The Morgan fingerprint density at radius 1 is 1.19 bits per heavy atom. The average molecular weight is 354 g/mol. The molecule has 2 N–H and O–H groups in total. The van der Waals surface area contributed by atoms with Gasteiger partial charge in [-0.15, -0.1) is 0 Å². The second kappa shape index (κ2) is 6.60. The van der Waals surface area contributed by atoms with Crippen LogP contribution in [-0.2, 0) is 4.79 Å². The Kier molecular flexibility index (Phi) is 4.32. The summed E-state index contributed by atoms with van der Waals surface area (Å²) in [6.07, 6.45) is 5.12. The van der Waals surface area contributed by atoms with Crippen molar-refractivity contribution in [1.29, 1.82) is 0 Å². The van der Waals surface area contributed by atoms with E-state index in [1.165, 1.54) is 24.5 Å².